The third-order valence-electron chi connectivity index (χ3n) is 2.23. The molecule has 0 aromatic heterocycles. The van der Waals surface area contributed by atoms with Crippen molar-refractivity contribution in [3.8, 4) is 5.75 Å². The second kappa shape index (κ2) is 3.98. The molecule has 0 aliphatic carbocycles. The molecule has 14 heavy (non-hydrogen) atoms. The molecule has 0 fully saturated rings. The molecule has 0 amide bonds. The number of carbonyl (C=O) groups excluding carboxylic acids is 1. The summed E-state index contributed by atoms with van der Waals surface area (Å²) in [4.78, 5) is 11.3. The maximum atomic E-state index is 11.3. The highest BCUT2D eigenvalue weighted by Gasteiger charge is 2.15. The lowest BCUT2D eigenvalue weighted by Crippen LogP contribution is -2.14. The van der Waals surface area contributed by atoms with Gasteiger partial charge in [-0.05, 0) is 31.0 Å². The zero-order chi connectivity index (χ0) is 10.9. The fraction of sp³-hybridized carbons (Fsp3) is 0.300. The van der Waals surface area contributed by atoms with Crippen LogP contribution in [-0.4, -0.2) is 17.4 Å². The minimum atomic E-state index is -0.312. The molecule has 1 aromatic rings. The predicted molar refractivity (Wildman–Crippen MR) is 56.0 cm³/mol. The molecule has 3 nitrogen and oxygen atoms in total. The number of carbonyl (C=O) groups is 1. The normalized spacial score (nSPS) is 10.3. The summed E-state index contributed by atoms with van der Waals surface area (Å²) >= 11 is 5.85. The van der Waals surface area contributed by atoms with Gasteiger partial charge in [-0.25, -0.2) is 0 Å². The van der Waals surface area contributed by atoms with Crippen LogP contribution in [0.25, 0.3) is 0 Å². The van der Waals surface area contributed by atoms with E-state index in [1.54, 1.807) is 13.0 Å². The summed E-state index contributed by atoms with van der Waals surface area (Å²) in [5.41, 5.74) is 7.04. The second-order valence-electron chi connectivity index (χ2n) is 3.16. The molecule has 0 unspecified atom stereocenters. The summed E-state index contributed by atoms with van der Waals surface area (Å²) in [5.74, 6) is -0.488. The smallest absolute Gasteiger partial charge is 0.180 e. The Morgan fingerprint density at radius 3 is 2.64 bits per heavy atom. The van der Waals surface area contributed by atoms with E-state index in [4.69, 9.17) is 17.3 Å². The van der Waals surface area contributed by atoms with E-state index in [0.717, 1.165) is 11.1 Å². The molecule has 4 heteroatoms. The van der Waals surface area contributed by atoms with Gasteiger partial charge in [-0.2, -0.15) is 0 Å². The molecule has 0 aliphatic heterocycles. The van der Waals surface area contributed by atoms with E-state index in [9.17, 15) is 9.90 Å². The zero-order valence-electron chi connectivity index (χ0n) is 8.10. The molecule has 1 aromatic carbocycles. The van der Waals surface area contributed by atoms with Gasteiger partial charge in [-0.1, -0.05) is 11.6 Å². The average molecular weight is 214 g/mol. The van der Waals surface area contributed by atoms with Crippen LogP contribution in [0.3, 0.4) is 0 Å². The number of phenols is 1. The molecule has 3 N–H and O–H groups in total. The monoisotopic (exact) mass is 213 g/mol. The highest BCUT2D eigenvalue weighted by atomic mass is 35.5. The molecule has 0 atom stereocenters. The number of benzene rings is 1. The van der Waals surface area contributed by atoms with E-state index in [1.165, 1.54) is 0 Å². The van der Waals surface area contributed by atoms with Gasteiger partial charge in [0.05, 0.1) is 17.1 Å². The Balaban J connectivity index is 3.40. The van der Waals surface area contributed by atoms with Crippen LogP contribution in [0, 0.1) is 13.8 Å². The first-order valence-electron chi connectivity index (χ1n) is 4.21. The van der Waals surface area contributed by atoms with Gasteiger partial charge >= 0.3 is 0 Å². The van der Waals surface area contributed by atoms with Crippen molar-refractivity contribution in [1.82, 2.24) is 0 Å². The van der Waals surface area contributed by atoms with Crippen molar-refractivity contribution < 1.29 is 9.90 Å². The molecule has 1 rings (SSSR count). The van der Waals surface area contributed by atoms with Crippen LogP contribution in [0.1, 0.15) is 21.5 Å². The fourth-order valence-electron chi connectivity index (χ4n) is 1.18. The summed E-state index contributed by atoms with van der Waals surface area (Å²) in [6, 6.07) is 1.60. The maximum Gasteiger partial charge on any atom is 0.180 e. The highest BCUT2D eigenvalue weighted by molar-refractivity contribution is 6.33. The third-order valence-corrected chi connectivity index (χ3v) is 2.69. The van der Waals surface area contributed by atoms with Gasteiger partial charge in [0.1, 0.15) is 5.75 Å². The number of halogens is 1. The summed E-state index contributed by atoms with van der Waals surface area (Å²) in [6.07, 6.45) is 0. The Bertz CT molecular complexity index is 388. The van der Waals surface area contributed by atoms with E-state index in [1.807, 2.05) is 6.92 Å². The number of Topliss-reactive ketones (excluding diaryl/α,β-unsaturated/α-hetero) is 1. The minimum absolute atomic E-state index is 0.133. The molecule has 0 saturated heterocycles. The number of phenolic OH excluding ortho intramolecular Hbond substituents is 1. The molecule has 0 bridgehead atoms. The lowest BCUT2D eigenvalue weighted by atomic mass is 10.0. The zero-order valence-corrected chi connectivity index (χ0v) is 8.85. The molecule has 0 radical (unpaired) electrons. The molecular formula is C10H12ClNO2. The minimum Gasteiger partial charge on any atom is -0.506 e. The van der Waals surface area contributed by atoms with Crippen LogP contribution in [-0.2, 0) is 0 Å². The standard InChI is InChI=1S/C10H12ClNO2/c1-5-3-7(8(13)4-12)10(14)9(11)6(5)2/h3,14H,4,12H2,1-2H3. The van der Waals surface area contributed by atoms with Gasteiger partial charge in [-0.15, -0.1) is 0 Å². The Labute approximate surface area is 87.5 Å². The van der Waals surface area contributed by atoms with Crippen LogP contribution < -0.4 is 5.73 Å². The van der Waals surface area contributed by atoms with Gasteiger partial charge in [-0.3, -0.25) is 4.79 Å². The fourth-order valence-corrected chi connectivity index (χ4v) is 1.44. The van der Waals surface area contributed by atoms with Crippen molar-refractivity contribution in [2.45, 2.75) is 13.8 Å². The van der Waals surface area contributed by atoms with Gasteiger partial charge in [0, 0.05) is 0 Å². The first-order valence-corrected chi connectivity index (χ1v) is 4.58. The van der Waals surface area contributed by atoms with Crippen LogP contribution in [0.15, 0.2) is 6.07 Å². The topological polar surface area (TPSA) is 63.3 Å². The van der Waals surface area contributed by atoms with Gasteiger partial charge < -0.3 is 10.8 Å². The van der Waals surface area contributed by atoms with Crippen LogP contribution >= 0.6 is 11.6 Å². The largest absolute Gasteiger partial charge is 0.506 e. The summed E-state index contributed by atoms with van der Waals surface area (Å²) in [7, 11) is 0. The lowest BCUT2D eigenvalue weighted by Gasteiger charge is -2.09. The molecule has 0 spiro atoms. The first kappa shape index (κ1) is 11.0. The molecule has 0 saturated carbocycles. The molecular weight excluding hydrogens is 202 g/mol. The second-order valence-corrected chi connectivity index (χ2v) is 3.53. The lowest BCUT2D eigenvalue weighted by molar-refractivity contribution is 0.0999. The highest BCUT2D eigenvalue weighted by Crippen LogP contribution is 2.32. The Hall–Kier alpha value is -1.06. The number of hydrogen-bond donors (Lipinski definition) is 2. The van der Waals surface area contributed by atoms with Crippen molar-refractivity contribution in [2.24, 2.45) is 5.73 Å². The predicted octanol–water partition coefficient (Wildman–Crippen LogP) is 1.80. The molecule has 0 aliphatic rings. The average Bonchev–Trinajstić information content (AvgIpc) is 2.19. The van der Waals surface area contributed by atoms with Crippen molar-refractivity contribution in [3.05, 3.63) is 27.8 Å². The Morgan fingerprint density at radius 1 is 1.57 bits per heavy atom. The number of hydrogen-bond acceptors (Lipinski definition) is 3. The first-order chi connectivity index (χ1) is 6.49. The van der Waals surface area contributed by atoms with Crippen molar-refractivity contribution in [3.63, 3.8) is 0 Å². The van der Waals surface area contributed by atoms with Crippen molar-refractivity contribution in [1.29, 1.82) is 0 Å². The van der Waals surface area contributed by atoms with Crippen LogP contribution in [0.2, 0.25) is 5.02 Å². The molecule has 76 valence electrons. The number of aromatic hydroxyl groups is 1. The SMILES string of the molecule is Cc1cc(C(=O)CN)c(O)c(Cl)c1C. The number of rotatable bonds is 2. The quantitative estimate of drug-likeness (QED) is 0.737. The van der Waals surface area contributed by atoms with E-state index >= 15 is 0 Å². The number of ketones is 1. The van der Waals surface area contributed by atoms with E-state index < -0.39 is 0 Å². The van der Waals surface area contributed by atoms with Crippen molar-refractivity contribution in [2.75, 3.05) is 6.54 Å². The molecule has 0 heterocycles. The van der Waals surface area contributed by atoms with Crippen LogP contribution in [0.4, 0.5) is 0 Å². The van der Waals surface area contributed by atoms with Gasteiger partial charge in [0.2, 0.25) is 0 Å². The van der Waals surface area contributed by atoms with Gasteiger partial charge in [0.25, 0.3) is 0 Å². The maximum absolute atomic E-state index is 11.3. The Morgan fingerprint density at radius 2 is 2.14 bits per heavy atom. The van der Waals surface area contributed by atoms with E-state index in [-0.39, 0.29) is 28.7 Å². The Kier molecular flexibility index (Phi) is 3.13. The van der Waals surface area contributed by atoms with Crippen molar-refractivity contribution >= 4 is 17.4 Å². The number of nitrogens with two attached hydrogens (primary N) is 1. The summed E-state index contributed by atoms with van der Waals surface area (Å²) in [5, 5.41) is 9.82. The van der Waals surface area contributed by atoms with E-state index in [2.05, 4.69) is 0 Å². The van der Waals surface area contributed by atoms with Crippen LogP contribution in [0.5, 0.6) is 5.75 Å². The summed E-state index contributed by atoms with van der Waals surface area (Å²) in [6.45, 7) is 3.48. The van der Waals surface area contributed by atoms with E-state index in [0.29, 0.717) is 0 Å². The van der Waals surface area contributed by atoms with Gasteiger partial charge in [0.15, 0.2) is 5.78 Å². The summed E-state index contributed by atoms with van der Waals surface area (Å²) < 4.78 is 0. The number of aryl methyl sites for hydroxylation is 1. The third kappa shape index (κ3) is 1.74.